The van der Waals surface area contributed by atoms with Crippen LogP contribution in [0.25, 0.3) is 0 Å². The van der Waals surface area contributed by atoms with Crippen molar-refractivity contribution in [2.75, 3.05) is 13.2 Å². The molecule has 0 fully saturated rings. The van der Waals surface area contributed by atoms with Gasteiger partial charge in [0.25, 0.3) is 5.91 Å². The van der Waals surface area contributed by atoms with Crippen LogP contribution in [-0.2, 0) is 4.79 Å². The summed E-state index contributed by atoms with van der Waals surface area (Å²) in [6, 6.07) is 13.0. The first kappa shape index (κ1) is 29.1. The summed E-state index contributed by atoms with van der Waals surface area (Å²) in [6.45, 7) is 4.78. The van der Waals surface area contributed by atoms with Gasteiger partial charge in [-0.25, -0.2) is 22.6 Å². The van der Waals surface area contributed by atoms with Crippen molar-refractivity contribution < 1.29 is 31.9 Å². The third-order valence-electron chi connectivity index (χ3n) is 5.86. The molecule has 40 heavy (non-hydrogen) atoms. The molecule has 0 aromatic heterocycles. The summed E-state index contributed by atoms with van der Waals surface area (Å²) in [5, 5.41) is 7.47. The predicted molar refractivity (Wildman–Crippen MR) is 145 cm³/mol. The van der Waals surface area contributed by atoms with Crippen LogP contribution in [0.2, 0.25) is 0 Å². The standard InChI is InChI=1S/C29H27F4N3O3S/c1-17(2)16-34-25(37)8-5-13-39-24-7-4-3-6-21(24)29-36(28(38)26-22(32)14-20(31)15-23(26)33)35-27(40-29)18-9-11-19(30)12-10-18/h3-4,6-7,9-12,14-15,17,29H,5,8,13,16H2,1-2H3,(H,34,37). The summed E-state index contributed by atoms with van der Waals surface area (Å²) < 4.78 is 62.2. The first-order chi connectivity index (χ1) is 19.1. The van der Waals surface area contributed by atoms with Crippen LogP contribution in [0.1, 0.15) is 53.5 Å². The molecule has 0 saturated carbocycles. The average Bonchev–Trinajstić information content (AvgIpc) is 3.35. The molecule has 3 aromatic rings. The van der Waals surface area contributed by atoms with Crippen molar-refractivity contribution in [3.63, 3.8) is 0 Å². The number of para-hydroxylation sites is 1. The Bertz CT molecular complexity index is 1390. The maximum atomic E-state index is 14.6. The number of benzene rings is 3. The molecule has 1 aliphatic heterocycles. The van der Waals surface area contributed by atoms with E-state index in [1.54, 1.807) is 24.3 Å². The van der Waals surface area contributed by atoms with Crippen molar-refractivity contribution in [1.29, 1.82) is 0 Å². The van der Waals surface area contributed by atoms with Gasteiger partial charge in [0.1, 0.15) is 45.0 Å². The zero-order chi connectivity index (χ0) is 28.8. The van der Waals surface area contributed by atoms with Crippen molar-refractivity contribution in [3.8, 4) is 5.75 Å². The lowest BCUT2D eigenvalue weighted by Crippen LogP contribution is -2.28. The molecular weight excluding hydrogens is 546 g/mol. The molecule has 0 saturated heterocycles. The number of nitrogens with zero attached hydrogens (tertiary/aromatic N) is 2. The van der Waals surface area contributed by atoms with E-state index in [0.717, 1.165) is 16.8 Å². The topological polar surface area (TPSA) is 71.0 Å². The molecule has 0 spiro atoms. The van der Waals surface area contributed by atoms with Gasteiger partial charge in [-0.1, -0.05) is 43.8 Å². The van der Waals surface area contributed by atoms with Crippen LogP contribution in [0, 0.1) is 29.2 Å². The highest BCUT2D eigenvalue weighted by atomic mass is 32.2. The summed E-state index contributed by atoms with van der Waals surface area (Å²) in [4.78, 5) is 25.4. The van der Waals surface area contributed by atoms with Crippen LogP contribution in [0.3, 0.4) is 0 Å². The van der Waals surface area contributed by atoms with Crippen LogP contribution < -0.4 is 10.1 Å². The van der Waals surface area contributed by atoms with Crippen LogP contribution in [0.4, 0.5) is 17.6 Å². The highest BCUT2D eigenvalue weighted by molar-refractivity contribution is 8.14. The van der Waals surface area contributed by atoms with Gasteiger partial charge in [0, 0.05) is 36.2 Å². The summed E-state index contributed by atoms with van der Waals surface area (Å²) in [7, 11) is 0. The largest absolute Gasteiger partial charge is 0.493 e. The Labute approximate surface area is 233 Å². The average molecular weight is 574 g/mol. The number of halogens is 4. The number of carbonyl (C=O) groups excluding carboxylic acids is 2. The van der Waals surface area contributed by atoms with Gasteiger partial charge in [0.05, 0.1) is 6.61 Å². The quantitative estimate of drug-likeness (QED) is 0.224. The minimum atomic E-state index is -1.36. The second-order valence-electron chi connectivity index (χ2n) is 9.46. The fraction of sp³-hybridized carbons (Fsp3) is 0.276. The fourth-order valence-corrected chi connectivity index (χ4v) is 5.08. The van der Waals surface area contributed by atoms with Gasteiger partial charge in [-0.3, -0.25) is 9.59 Å². The summed E-state index contributed by atoms with van der Waals surface area (Å²) in [5.74, 6) is -4.85. The summed E-state index contributed by atoms with van der Waals surface area (Å²) in [6.07, 6.45) is 0.695. The maximum absolute atomic E-state index is 14.6. The number of hydrazone groups is 1. The van der Waals surface area contributed by atoms with E-state index in [1.807, 2.05) is 13.8 Å². The molecule has 0 bridgehead atoms. The Hall–Kier alpha value is -3.86. The minimum absolute atomic E-state index is 0.0885. The molecule has 3 aromatic carbocycles. The number of carbonyl (C=O) groups is 2. The van der Waals surface area contributed by atoms with Crippen molar-refractivity contribution in [1.82, 2.24) is 10.3 Å². The number of thioether (sulfide) groups is 1. The molecule has 1 atom stereocenters. The van der Waals surface area contributed by atoms with Gasteiger partial charge in [-0.15, -0.1) is 0 Å². The van der Waals surface area contributed by atoms with Gasteiger partial charge in [0.15, 0.2) is 0 Å². The van der Waals surface area contributed by atoms with Crippen LogP contribution in [0.5, 0.6) is 5.75 Å². The molecule has 1 heterocycles. The molecular formula is C29H27F4N3O3S. The minimum Gasteiger partial charge on any atom is -0.493 e. The second kappa shape index (κ2) is 13.0. The third kappa shape index (κ3) is 7.01. The number of rotatable bonds is 10. The third-order valence-corrected chi connectivity index (χ3v) is 7.08. The molecule has 2 amide bonds. The Kier molecular flexibility index (Phi) is 9.46. The number of nitrogens with one attached hydrogen (secondary N) is 1. The van der Waals surface area contributed by atoms with E-state index < -0.39 is 40.1 Å². The van der Waals surface area contributed by atoms with Crippen LogP contribution >= 0.6 is 11.8 Å². The van der Waals surface area contributed by atoms with E-state index >= 15 is 0 Å². The molecule has 11 heteroatoms. The fourth-order valence-electron chi connectivity index (χ4n) is 3.89. The highest BCUT2D eigenvalue weighted by Crippen LogP contribution is 2.45. The molecule has 4 rings (SSSR count). The molecule has 1 unspecified atom stereocenters. The van der Waals surface area contributed by atoms with Gasteiger partial charge >= 0.3 is 0 Å². The van der Waals surface area contributed by atoms with Crippen molar-refractivity contribution >= 4 is 28.6 Å². The molecule has 1 N–H and O–H groups in total. The van der Waals surface area contributed by atoms with E-state index in [-0.39, 0.29) is 18.9 Å². The number of amides is 2. The van der Waals surface area contributed by atoms with Crippen LogP contribution in [-0.4, -0.2) is 35.0 Å². The first-order valence-corrected chi connectivity index (χ1v) is 13.5. The molecule has 0 radical (unpaired) electrons. The Morgan fingerprint density at radius 2 is 1.68 bits per heavy atom. The van der Waals surface area contributed by atoms with E-state index in [1.165, 1.54) is 24.3 Å². The zero-order valence-electron chi connectivity index (χ0n) is 21.8. The molecule has 0 aliphatic carbocycles. The number of hydrogen-bond acceptors (Lipinski definition) is 5. The van der Waals surface area contributed by atoms with Gasteiger partial charge in [-0.2, -0.15) is 5.10 Å². The molecule has 1 aliphatic rings. The maximum Gasteiger partial charge on any atom is 0.281 e. The predicted octanol–water partition coefficient (Wildman–Crippen LogP) is 6.42. The van der Waals surface area contributed by atoms with E-state index in [4.69, 9.17) is 4.74 Å². The smallest absolute Gasteiger partial charge is 0.281 e. The summed E-state index contributed by atoms with van der Waals surface area (Å²) >= 11 is 1.11. The van der Waals surface area contributed by atoms with Crippen molar-refractivity contribution in [2.24, 2.45) is 11.0 Å². The number of ether oxygens (including phenoxy) is 1. The van der Waals surface area contributed by atoms with Crippen molar-refractivity contribution in [3.05, 3.63) is 101 Å². The molecule has 210 valence electrons. The van der Waals surface area contributed by atoms with Gasteiger partial charge < -0.3 is 10.1 Å². The van der Waals surface area contributed by atoms with Crippen molar-refractivity contribution in [2.45, 2.75) is 32.1 Å². The molecule has 6 nitrogen and oxygen atoms in total. The Morgan fingerprint density at radius 1 is 1.00 bits per heavy atom. The second-order valence-corrected chi connectivity index (χ2v) is 10.5. The van der Waals surface area contributed by atoms with Crippen LogP contribution in [0.15, 0.2) is 65.8 Å². The summed E-state index contributed by atoms with van der Waals surface area (Å²) in [5.41, 5.74) is 0.00775. The Balaban J connectivity index is 1.60. The van der Waals surface area contributed by atoms with E-state index in [2.05, 4.69) is 10.4 Å². The SMILES string of the molecule is CC(C)CNC(=O)CCCOc1ccccc1C1SC(c2ccc(F)cc2)=NN1C(=O)c1c(F)cc(F)cc1F. The lowest BCUT2D eigenvalue weighted by atomic mass is 10.1. The lowest BCUT2D eigenvalue weighted by Gasteiger charge is -2.23. The zero-order valence-corrected chi connectivity index (χ0v) is 22.6. The number of hydrogen-bond donors (Lipinski definition) is 1. The normalized spacial score (nSPS) is 14.8. The van der Waals surface area contributed by atoms with Gasteiger partial charge in [-0.05, 0) is 42.7 Å². The Morgan fingerprint density at radius 3 is 2.35 bits per heavy atom. The van der Waals surface area contributed by atoms with Gasteiger partial charge in [0.2, 0.25) is 5.91 Å². The highest BCUT2D eigenvalue weighted by Gasteiger charge is 2.38. The first-order valence-electron chi connectivity index (χ1n) is 12.6. The van der Waals surface area contributed by atoms with E-state index in [9.17, 15) is 27.2 Å². The lowest BCUT2D eigenvalue weighted by molar-refractivity contribution is -0.121. The monoisotopic (exact) mass is 573 g/mol. The van der Waals surface area contributed by atoms with E-state index in [0.29, 0.717) is 52.9 Å².